The molecule has 1 aliphatic heterocycles. The number of H-pyrrole nitrogens is 1. The molecule has 0 aliphatic carbocycles. The van der Waals surface area contributed by atoms with Crippen LogP contribution in [0.5, 0.6) is 5.75 Å². The average Bonchev–Trinajstić information content (AvgIpc) is 3.07. The first-order valence-corrected chi connectivity index (χ1v) is 8.94. The van der Waals surface area contributed by atoms with Crippen molar-refractivity contribution in [3.63, 3.8) is 0 Å². The van der Waals surface area contributed by atoms with Crippen LogP contribution in [0.3, 0.4) is 0 Å². The fraction of sp³-hybridized carbons (Fsp3) is 0.421. The minimum Gasteiger partial charge on any atom is -0.496 e. The highest BCUT2D eigenvalue weighted by Crippen LogP contribution is 2.35. The number of anilines is 1. The number of carbonyl (C=O) groups excluding carboxylic acids is 1. The number of nitrogens with zero attached hydrogens (tertiary/aromatic N) is 3. The number of esters is 1. The molecule has 2 aromatic heterocycles. The Kier molecular flexibility index (Phi) is 4.36. The summed E-state index contributed by atoms with van der Waals surface area (Å²) < 4.78 is 10.7. The van der Waals surface area contributed by atoms with Gasteiger partial charge in [-0.15, -0.1) is 0 Å². The lowest BCUT2D eigenvalue weighted by atomic mass is 9.98. The second-order valence-electron chi connectivity index (χ2n) is 6.47. The van der Waals surface area contributed by atoms with Gasteiger partial charge in [0.1, 0.15) is 23.1 Å². The molecule has 136 valence electrons. The molecule has 0 unspecified atom stereocenters. The van der Waals surface area contributed by atoms with Crippen LogP contribution in [0.25, 0.3) is 21.9 Å². The first-order chi connectivity index (χ1) is 12.7. The van der Waals surface area contributed by atoms with Crippen molar-refractivity contribution in [3.05, 3.63) is 24.5 Å². The Morgan fingerprint density at radius 1 is 1.38 bits per heavy atom. The fourth-order valence-corrected chi connectivity index (χ4v) is 3.73. The van der Waals surface area contributed by atoms with Crippen LogP contribution in [0.4, 0.5) is 5.82 Å². The predicted molar refractivity (Wildman–Crippen MR) is 99.5 cm³/mol. The summed E-state index contributed by atoms with van der Waals surface area (Å²) in [6, 6.07) is 5.87. The van der Waals surface area contributed by atoms with Gasteiger partial charge in [-0.25, -0.2) is 9.97 Å². The molecule has 1 fully saturated rings. The van der Waals surface area contributed by atoms with Crippen LogP contribution in [-0.2, 0) is 9.53 Å². The van der Waals surface area contributed by atoms with Crippen LogP contribution in [0.2, 0.25) is 0 Å². The van der Waals surface area contributed by atoms with Gasteiger partial charge in [-0.3, -0.25) is 4.79 Å². The third-order valence-electron chi connectivity index (χ3n) is 4.91. The van der Waals surface area contributed by atoms with Gasteiger partial charge in [0.15, 0.2) is 5.82 Å². The first-order valence-electron chi connectivity index (χ1n) is 8.94. The van der Waals surface area contributed by atoms with Gasteiger partial charge in [-0.2, -0.15) is 0 Å². The second-order valence-corrected chi connectivity index (χ2v) is 6.47. The number of benzene rings is 1. The molecule has 1 atom stereocenters. The quantitative estimate of drug-likeness (QED) is 0.726. The number of rotatable bonds is 4. The number of aromatic nitrogens is 3. The van der Waals surface area contributed by atoms with E-state index in [1.165, 1.54) is 0 Å². The van der Waals surface area contributed by atoms with Crippen molar-refractivity contribution < 1.29 is 14.3 Å². The van der Waals surface area contributed by atoms with Gasteiger partial charge >= 0.3 is 5.97 Å². The molecule has 0 amide bonds. The molecule has 7 nitrogen and oxygen atoms in total. The Bertz CT molecular complexity index is 953. The standard InChI is InChI=1S/C19H22N4O3/c1-3-26-19(24)12-6-5-9-23(10-12)18-17-16(20-11-21-18)15-13(22-17)7-4-8-14(15)25-2/h4,7-8,11-12,22H,3,5-6,9-10H2,1-2H3/t12-/m1/s1. The number of hydrogen-bond acceptors (Lipinski definition) is 6. The zero-order valence-corrected chi connectivity index (χ0v) is 15.0. The van der Waals surface area contributed by atoms with E-state index < -0.39 is 0 Å². The third kappa shape index (κ3) is 2.73. The summed E-state index contributed by atoms with van der Waals surface area (Å²) in [4.78, 5) is 26.7. The lowest BCUT2D eigenvalue weighted by Gasteiger charge is -2.32. The molecule has 0 saturated carbocycles. The van der Waals surface area contributed by atoms with E-state index in [4.69, 9.17) is 9.47 Å². The maximum Gasteiger partial charge on any atom is 0.310 e. The molecule has 0 bridgehead atoms. The highest BCUT2D eigenvalue weighted by molar-refractivity contribution is 6.11. The molecule has 26 heavy (non-hydrogen) atoms. The molecular weight excluding hydrogens is 332 g/mol. The van der Waals surface area contributed by atoms with Crippen LogP contribution >= 0.6 is 0 Å². The Balaban J connectivity index is 1.76. The lowest BCUT2D eigenvalue weighted by molar-refractivity contribution is -0.148. The molecule has 3 heterocycles. The summed E-state index contributed by atoms with van der Waals surface area (Å²) in [5.74, 6) is 1.36. The van der Waals surface area contributed by atoms with E-state index in [9.17, 15) is 4.79 Å². The number of ether oxygens (including phenoxy) is 2. The highest BCUT2D eigenvalue weighted by Gasteiger charge is 2.29. The van der Waals surface area contributed by atoms with Crippen LogP contribution in [0, 0.1) is 5.92 Å². The van der Waals surface area contributed by atoms with Crippen molar-refractivity contribution >= 4 is 33.7 Å². The molecule has 0 spiro atoms. The van der Waals surface area contributed by atoms with Gasteiger partial charge in [-0.1, -0.05) is 6.07 Å². The van der Waals surface area contributed by atoms with E-state index in [-0.39, 0.29) is 11.9 Å². The molecule has 1 N–H and O–H groups in total. The zero-order valence-electron chi connectivity index (χ0n) is 15.0. The topological polar surface area (TPSA) is 80.3 Å². The lowest BCUT2D eigenvalue weighted by Crippen LogP contribution is -2.40. The van der Waals surface area contributed by atoms with Gasteiger partial charge in [-0.05, 0) is 31.9 Å². The Labute approximate surface area is 151 Å². The van der Waals surface area contributed by atoms with E-state index in [1.54, 1.807) is 13.4 Å². The average molecular weight is 354 g/mol. The van der Waals surface area contributed by atoms with Crippen molar-refractivity contribution in [2.75, 3.05) is 31.7 Å². The first kappa shape index (κ1) is 16.6. The smallest absolute Gasteiger partial charge is 0.310 e. The number of nitrogens with one attached hydrogen (secondary N) is 1. The van der Waals surface area contributed by atoms with Gasteiger partial charge in [0, 0.05) is 13.1 Å². The number of piperidine rings is 1. The molecule has 1 saturated heterocycles. The van der Waals surface area contributed by atoms with Crippen LogP contribution in [0.15, 0.2) is 24.5 Å². The minimum absolute atomic E-state index is 0.118. The third-order valence-corrected chi connectivity index (χ3v) is 4.91. The number of hydrogen-bond donors (Lipinski definition) is 1. The number of methoxy groups -OCH3 is 1. The van der Waals surface area contributed by atoms with Gasteiger partial charge in [0.25, 0.3) is 0 Å². The maximum absolute atomic E-state index is 12.2. The molecule has 0 radical (unpaired) electrons. The predicted octanol–water partition coefficient (Wildman–Crippen LogP) is 2.90. The summed E-state index contributed by atoms with van der Waals surface area (Å²) >= 11 is 0. The van der Waals surface area contributed by atoms with E-state index in [0.29, 0.717) is 13.2 Å². The molecule has 3 aromatic rings. The van der Waals surface area contributed by atoms with Gasteiger partial charge in [0.2, 0.25) is 0 Å². The molecule has 7 heteroatoms. The largest absolute Gasteiger partial charge is 0.496 e. The normalized spacial score (nSPS) is 17.6. The Morgan fingerprint density at radius 2 is 2.27 bits per heavy atom. The maximum atomic E-state index is 12.2. The summed E-state index contributed by atoms with van der Waals surface area (Å²) in [5.41, 5.74) is 2.66. The highest BCUT2D eigenvalue weighted by atomic mass is 16.5. The molecule has 4 rings (SSSR count). The fourth-order valence-electron chi connectivity index (χ4n) is 3.73. The van der Waals surface area contributed by atoms with E-state index in [2.05, 4.69) is 19.9 Å². The summed E-state index contributed by atoms with van der Waals surface area (Å²) in [5, 5.41) is 0.951. The van der Waals surface area contributed by atoms with Gasteiger partial charge < -0.3 is 19.4 Å². The second kappa shape index (κ2) is 6.82. The summed E-state index contributed by atoms with van der Waals surface area (Å²) in [7, 11) is 1.66. The SMILES string of the molecule is CCOC(=O)[C@@H]1CCCN(c2ncnc3c2[nH]c2cccc(OC)c23)C1. The number of fused-ring (bicyclic) bond motifs is 3. The zero-order chi connectivity index (χ0) is 18.1. The number of aromatic amines is 1. The summed E-state index contributed by atoms with van der Waals surface area (Å²) in [6.07, 6.45) is 3.36. The van der Waals surface area contributed by atoms with Crippen LogP contribution < -0.4 is 9.64 Å². The van der Waals surface area contributed by atoms with Gasteiger partial charge in [0.05, 0.1) is 30.5 Å². The van der Waals surface area contributed by atoms with E-state index in [0.717, 1.165) is 52.9 Å². The summed E-state index contributed by atoms with van der Waals surface area (Å²) in [6.45, 7) is 3.71. The number of carbonyl (C=O) groups is 1. The van der Waals surface area contributed by atoms with E-state index >= 15 is 0 Å². The monoisotopic (exact) mass is 354 g/mol. The molecular formula is C19H22N4O3. The molecule has 1 aromatic carbocycles. The molecule has 1 aliphatic rings. The Hall–Kier alpha value is -2.83. The van der Waals surface area contributed by atoms with Crippen molar-refractivity contribution in [1.82, 2.24) is 15.0 Å². The van der Waals surface area contributed by atoms with Crippen molar-refractivity contribution in [3.8, 4) is 5.75 Å². The van der Waals surface area contributed by atoms with Crippen molar-refractivity contribution in [1.29, 1.82) is 0 Å². The van der Waals surface area contributed by atoms with Crippen molar-refractivity contribution in [2.24, 2.45) is 5.92 Å². The minimum atomic E-state index is -0.124. The van der Waals surface area contributed by atoms with Crippen LogP contribution in [-0.4, -0.2) is 47.7 Å². The van der Waals surface area contributed by atoms with Crippen molar-refractivity contribution in [2.45, 2.75) is 19.8 Å². The Morgan fingerprint density at radius 3 is 3.08 bits per heavy atom. The van der Waals surface area contributed by atoms with Crippen LogP contribution in [0.1, 0.15) is 19.8 Å². The van der Waals surface area contributed by atoms with E-state index in [1.807, 2.05) is 25.1 Å².